The molecule has 1 atom stereocenters. The van der Waals surface area contributed by atoms with Gasteiger partial charge in [-0.1, -0.05) is 36.4 Å². The Labute approximate surface area is 162 Å². The van der Waals surface area contributed by atoms with E-state index in [-0.39, 0.29) is 18.6 Å². The SMILES string of the molecule is Cc1ccccc1CC(CO)CNC(=O)NCCc1ccc(C(F)(F)F)cc1. The zero-order chi connectivity index (χ0) is 20.6. The molecule has 0 fully saturated rings. The van der Waals surface area contributed by atoms with Crippen LogP contribution in [0.5, 0.6) is 0 Å². The lowest BCUT2D eigenvalue weighted by atomic mass is 9.97. The van der Waals surface area contributed by atoms with Gasteiger partial charge in [0.1, 0.15) is 0 Å². The number of amides is 2. The molecule has 28 heavy (non-hydrogen) atoms. The van der Waals surface area contributed by atoms with Gasteiger partial charge >= 0.3 is 12.2 Å². The molecule has 2 aromatic carbocycles. The predicted molar refractivity (Wildman–Crippen MR) is 102 cm³/mol. The number of rotatable bonds is 8. The Bertz CT molecular complexity index is 761. The van der Waals surface area contributed by atoms with Crippen LogP contribution in [0.2, 0.25) is 0 Å². The second-order valence-corrected chi connectivity index (χ2v) is 6.76. The maximum absolute atomic E-state index is 12.5. The number of aryl methyl sites for hydroxylation is 1. The van der Waals surface area contributed by atoms with Crippen molar-refractivity contribution in [3.05, 3.63) is 70.8 Å². The highest BCUT2D eigenvalue weighted by molar-refractivity contribution is 5.73. The van der Waals surface area contributed by atoms with Gasteiger partial charge in [0.25, 0.3) is 0 Å². The van der Waals surface area contributed by atoms with Crippen LogP contribution in [0.1, 0.15) is 22.3 Å². The molecule has 0 saturated carbocycles. The molecule has 0 aliphatic heterocycles. The van der Waals surface area contributed by atoms with Gasteiger partial charge in [-0.3, -0.25) is 0 Å². The smallest absolute Gasteiger partial charge is 0.396 e. The highest BCUT2D eigenvalue weighted by atomic mass is 19.4. The van der Waals surface area contributed by atoms with Gasteiger partial charge in [-0.15, -0.1) is 0 Å². The maximum atomic E-state index is 12.5. The van der Waals surface area contributed by atoms with E-state index in [9.17, 15) is 23.1 Å². The van der Waals surface area contributed by atoms with Gasteiger partial charge in [-0.25, -0.2) is 4.79 Å². The first-order chi connectivity index (χ1) is 13.3. The van der Waals surface area contributed by atoms with Crippen LogP contribution in [0.15, 0.2) is 48.5 Å². The van der Waals surface area contributed by atoms with E-state index in [1.54, 1.807) is 0 Å². The second kappa shape index (κ2) is 10.1. The molecule has 0 saturated heterocycles. The van der Waals surface area contributed by atoms with E-state index in [1.165, 1.54) is 12.1 Å². The van der Waals surface area contributed by atoms with Gasteiger partial charge in [0.05, 0.1) is 5.56 Å². The van der Waals surface area contributed by atoms with Crippen LogP contribution in [-0.4, -0.2) is 30.8 Å². The number of carbonyl (C=O) groups is 1. The highest BCUT2D eigenvalue weighted by Crippen LogP contribution is 2.29. The fourth-order valence-corrected chi connectivity index (χ4v) is 2.83. The summed E-state index contributed by atoms with van der Waals surface area (Å²) >= 11 is 0. The number of carbonyl (C=O) groups excluding carboxylic acids is 1. The number of hydrogen-bond donors (Lipinski definition) is 3. The third-order valence-electron chi connectivity index (χ3n) is 4.56. The molecule has 0 aliphatic rings. The van der Waals surface area contributed by atoms with Crippen molar-refractivity contribution in [3.63, 3.8) is 0 Å². The summed E-state index contributed by atoms with van der Waals surface area (Å²) in [5, 5.41) is 15.0. The van der Waals surface area contributed by atoms with Crippen molar-refractivity contribution in [1.82, 2.24) is 10.6 Å². The number of nitrogens with one attached hydrogen (secondary N) is 2. The molecule has 0 spiro atoms. The van der Waals surface area contributed by atoms with Crippen LogP contribution >= 0.6 is 0 Å². The number of benzene rings is 2. The minimum absolute atomic E-state index is 0.0415. The normalized spacial score (nSPS) is 12.5. The van der Waals surface area contributed by atoms with Crippen LogP contribution in [0.4, 0.5) is 18.0 Å². The molecule has 1 unspecified atom stereocenters. The van der Waals surface area contributed by atoms with Gasteiger partial charge in [-0.2, -0.15) is 13.2 Å². The van der Waals surface area contributed by atoms with Crippen LogP contribution in [0, 0.1) is 12.8 Å². The number of halogens is 3. The van der Waals surface area contributed by atoms with Gasteiger partial charge in [0.2, 0.25) is 0 Å². The summed E-state index contributed by atoms with van der Waals surface area (Å²) in [6.07, 6.45) is -3.26. The fourth-order valence-electron chi connectivity index (χ4n) is 2.83. The summed E-state index contributed by atoms with van der Waals surface area (Å²) in [5.74, 6) is -0.0956. The molecule has 0 bridgehead atoms. The largest absolute Gasteiger partial charge is 0.416 e. The Morgan fingerprint density at radius 1 is 1.07 bits per heavy atom. The fraction of sp³-hybridized carbons (Fsp3) is 0.381. The van der Waals surface area contributed by atoms with E-state index in [4.69, 9.17) is 0 Å². The maximum Gasteiger partial charge on any atom is 0.416 e. The van der Waals surface area contributed by atoms with E-state index in [2.05, 4.69) is 10.6 Å². The average Bonchev–Trinajstić information content (AvgIpc) is 2.66. The first-order valence-electron chi connectivity index (χ1n) is 9.12. The average molecular weight is 394 g/mol. The number of urea groups is 1. The Balaban J connectivity index is 1.72. The number of aliphatic hydroxyl groups is 1. The molecule has 152 valence electrons. The Morgan fingerprint density at radius 2 is 1.75 bits per heavy atom. The molecule has 2 rings (SSSR count). The monoisotopic (exact) mass is 394 g/mol. The van der Waals surface area contributed by atoms with Crippen LogP contribution in [-0.2, 0) is 19.0 Å². The van der Waals surface area contributed by atoms with Gasteiger partial charge in [0.15, 0.2) is 0 Å². The summed E-state index contributed by atoms with van der Waals surface area (Å²) in [5.41, 5.74) is 2.29. The van der Waals surface area contributed by atoms with E-state index < -0.39 is 11.7 Å². The number of alkyl halides is 3. The molecule has 3 N–H and O–H groups in total. The molecule has 0 radical (unpaired) electrons. The summed E-state index contributed by atoms with van der Waals surface area (Å²) in [7, 11) is 0. The number of aliphatic hydroxyl groups excluding tert-OH is 1. The molecular formula is C21H25F3N2O2. The lowest BCUT2D eigenvalue weighted by Gasteiger charge is -2.17. The summed E-state index contributed by atoms with van der Waals surface area (Å²) in [6, 6.07) is 12.4. The zero-order valence-corrected chi connectivity index (χ0v) is 15.7. The Hall–Kier alpha value is -2.54. The minimum atomic E-state index is -4.35. The van der Waals surface area contributed by atoms with Crippen LogP contribution < -0.4 is 10.6 Å². The molecule has 0 aromatic heterocycles. The molecule has 0 aliphatic carbocycles. The first-order valence-corrected chi connectivity index (χ1v) is 9.12. The van der Waals surface area contributed by atoms with E-state index in [0.29, 0.717) is 31.5 Å². The predicted octanol–water partition coefficient (Wildman–Crippen LogP) is 3.71. The van der Waals surface area contributed by atoms with E-state index in [0.717, 1.165) is 23.3 Å². The van der Waals surface area contributed by atoms with E-state index >= 15 is 0 Å². The number of hydrogen-bond acceptors (Lipinski definition) is 2. The van der Waals surface area contributed by atoms with Crippen molar-refractivity contribution in [2.75, 3.05) is 19.7 Å². The van der Waals surface area contributed by atoms with Gasteiger partial charge in [0, 0.05) is 25.6 Å². The van der Waals surface area contributed by atoms with Gasteiger partial charge in [-0.05, 0) is 48.6 Å². The third-order valence-corrected chi connectivity index (χ3v) is 4.56. The minimum Gasteiger partial charge on any atom is -0.396 e. The van der Waals surface area contributed by atoms with E-state index in [1.807, 2.05) is 31.2 Å². The van der Waals surface area contributed by atoms with Crippen molar-refractivity contribution in [2.24, 2.45) is 5.92 Å². The molecule has 0 heterocycles. The lowest BCUT2D eigenvalue weighted by molar-refractivity contribution is -0.137. The van der Waals surface area contributed by atoms with Crippen molar-refractivity contribution >= 4 is 6.03 Å². The molecule has 4 nitrogen and oxygen atoms in total. The molecule has 2 amide bonds. The summed E-state index contributed by atoms with van der Waals surface area (Å²) in [6.45, 7) is 2.60. The van der Waals surface area contributed by atoms with Crippen LogP contribution in [0.3, 0.4) is 0 Å². The standard InChI is InChI=1S/C21H25F3N2O2/c1-15-4-2-3-5-18(15)12-17(14-27)13-26-20(28)25-11-10-16-6-8-19(9-7-16)21(22,23)24/h2-9,17,27H,10-14H2,1H3,(H2,25,26,28). The topological polar surface area (TPSA) is 61.4 Å². The Kier molecular flexibility index (Phi) is 7.87. The summed E-state index contributed by atoms with van der Waals surface area (Å²) in [4.78, 5) is 11.9. The van der Waals surface area contributed by atoms with Crippen LogP contribution in [0.25, 0.3) is 0 Å². The Morgan fingerprint density at radius 3 is 2.36 bits per heavy atom. The molecule has 7 heteroatoms. The van der Waals surface area contributed by atoms with Crippen molar-refractivity contribution in [3.8, 4) is 0 Å². The quantitative estimate of drug-likeness (QED) is 0.639. The first kappa shape index (κ1) is 21.8. The van der Waals surface area contributed by atoms with Crippen molar-refractivity contribution in [1.29, 1.82) is 0 Å². The summed E-state index contributed by atoms with van der Waals surface area (Å²) < 4.78 is 37.6. The zero-order valence-electron chi connectivity index (χ0n) is 15.7. The van der Waals surface area contributed by atoms with Crippen molar-refractivity contribution in [2.45, 2.75) is 25.9 Å². The molecular weight excluding hydrogens is 369 g/mol. The highest BCUT2D eigenvalue weighted by Gasteiger charge is 2.29. The molecule has 2 aromatic rings. The van der Waals surface area contributed by atoms with Gasteiger partial charge < -0.3 is 15.7 Å². The second-order valence-electron chi connectivity index (χ2n) is 6.76. The van der Waals surface area contributed by atoms with Crippen molar-refractivity contribution < 1.29 is 23.1 Å². The lowest BCUT2D eigenvalue weighted by Crippen LogP contribution is -2.40. The third kappa shape index (κ3) is 6.88.